The summed E-state index contributed by atoms with van der Waals surface area (Å²) < 4.78 is 1.04. The first-order chi connectivity index (χ1) is 19.2. The van der Waals surface area contributed by atoms with Gasteiger partial charge in [-0.15, -0.1) is 11.3 Å². The van der Waals surface area contributed by atoms with Crippen LogP contribution in [0.15, 0.2) is 29.6 Å². The molecule has 2 unspecified atom stereocenters. The lowest BCUT2D eigenvalue weighted by Crippen LogP contribution is -2.61. The minimum Gasteiger partial charge on any atom is -0.481 e. The summed E-state index contributed by atoms with van der Waals surface area (Å²) in [5, 5.41) is 16.2. The summed E-state index contributed by atoms with van der Waals surface area (Å²) in [6.07, 6.45) is 3.97. The average Bonchev–Trinajstić information content (AvgIpc) is 3.36. The van der Waals surface area contributed by atoms with Crippen molar-refractivity contribution in [3.05, 3.63) is 45.3 Å². The number of nitrogens with one attached hydrogen (secondary N) is 1. The van der Waals surface area contributed by atoms with Gasteiger partial charge in [0.1, 0.15) is 5.82 Å². The number of piperidine rings is 1. The summed E-state index contributed by atoms with van der Waals surface area (Å²) in [4.78, 5) is 26.1. The van der Waals surface area contributed by atoms with E-state index >= 15 is 0 Å². The molecule has 1 aliphatic carbocycles. The molecule has 3 aliphatic rings. The van der Waals surface area contributed by atoms with Gasteiger partial charge in [0.2, 0.25) is 5.95 Å². The Hall–Kier alpha value is -2.13. The normalized spacial score (nSPS) is 25.9. The second-order valence-corrected chi connectivity index (χ2v) is 13.3. The van der Waals surface area contributed by atoms with E-state index in [1.165, 1.54) is 12.8 Å². The number of halogens is 2. The van der Waals surface area contributed by atoms with Gasteiger partial charge in [-0.25, -0.2) is 4.98 Å². The number of thiophene rings is 1. The Kier molecular flexibility index (Phi) is 8.81. The van der Waals surface area contributed by atoms with Crippen molar-refractivity contribution in [2.24, 2.45) is 17.8 Å². The van der Waals surface area contributed by atoms with Gasteiger partial charge in [0.15, 0.2) is 0 Å². The van der Waals surface area contributed by atoms with E-state index < -0.39 is 5.97 Å². The van der Waals surface area contributed by atoms with Crippen molar-refractivity contribution in [1.29, 1.82) is 0 Å². The molecule has 6 rings (SSSR count). The fourth-order valence-electron chi connectivity index (χ4n) is 6.52. The second-order valence-electron chi connectivity index (χ2n) is 11.5. The largest absolute Gasteiger partial charge is 0.481 e. The van der Waals surface area contributed by atoms with Crippen LogP contribution in [0.2, 0.25) is 10.0 Å². The van der Waals surface area contributed by atoms with Crippen molar-refractivity contribution in [2.45, 2.75) is 65.0 Å². The van der Waals surface area contributed by atoms with Crippen molar-refractivity contribution < 1.29 is 9.90 Å². The van der Waals surface area contributed by atoms with Gasteiger partial charge < -0.3 is 15.3 Å². The lowest BCUT2D eigenvalue weighted by atomic mass is 9.67. The number of likely N-dealkylation sites (tertiary alicyclic amines) is 1. The summed E-state index contributed by atoms with van der Waals surface area (Å²) in [5.74, 6) is 2.03. The molecular formula is C30H39Cl2N5O2S. The predicted molar refractivity (Wildman–Crippen MR) is 166 cm³/mol. The number of aromatic nitrogens is 2. The van der Waals surface area contributed by atoms with Crippen LogP contribution in [0, 0.1) is 17.8 Å². The molecule has 2 atom stereocenters. The van der Waals surface area contributed by atoms with Crippen LogP contribution in [-0.4, -0.2) is 57.7 Å². The SMILES string of the molecule is CC.CC(Nc1nc(N2CC(C3CCCN(C4(C)CC(C(=O)O)C4)C3)C2)nc2ccsc12)c1ccc(Cl)cc1Cl. The molecule has 3 fully saturated rings. The van der Waals surface area contributed by atoms with Crippen molar-refractivity contribution in [3.8, 4) is 0 Å². The maximum absolute atomic E-state index is 11.3. The molecule has 2 saturated heterocycles. The predicted octanol–water partition coefficient (Wildman–Crippen LogP) is 7.60. The van der Waals surface area contributed by atoms with E-state index in [9.17, 15) is 9.90 Å². The molecule has 1 saturated carbocycles. The highest BCUT2D eigenvalue weighted by molar-refractivity contribution is 7.17. The van der Waals surface area contributed by atoms with Gasteiger partial charge in [0.05, 0.1) is 22.2 Å². The maximum Gasteiger partial charge on any atom is 0.306 e. The van der Waals surface area contributed by atoms with E-state index in [2.05, 4.69) is 40.4 Å². The van der Waals surface area contributed by atoms with Gasteiger partial charge in [0.25, 0.3) is 0 Å². The molecule has 7 nitrogen and oxygen atoms in total. The molecule has 0 radical (unpaired) electrons. The lowest BCUT2D eigenvalue weighted by Gasteiger charge is -2.55. The van der Waals surface area contributed by atoms with E-state index in [4.69, 9.17) is 33.2 Å². The number of carbonyl (C=O) groups is 1. The molecule has 1 aromatic carbocycles. The van der Waals surface area contributed by atoms with E-state index in [0.29, 0.717) is 21.9 Å². The van der Waals surface area contributed by atoms with Gasteiger partial charge in [-0.3, -0.25) is 9.69 Å². The maximum atomic E-state index is 11.3. The van der Waals surface area contributed by atoms with Crippen LogP contribution in [0.25, 0.3) is 10.2 Å². The van der Waals surface area contributed by atoms with Crippen LogP contribution < -0.4 is 10.2 Å². The van der Waals surface area contributed by atoms with Crippen LogP contribution >= 0.6 is 34.5 Å². The fourth-order valence-corrected chi connectivity index (χ4v) is 7.88. The molecule has 0 bridgehead atoms. The number of nitrogens with zero attached hydrogens (tertiary/aromatic N) is 4. The third-order valence-electron chi connectivity index (χ3n) is 8.88. The summed E-state index contributed by atoms with van der Waals surface area (Å²) in [6, 6.07) is 7.59. The third-order valence-corrected chi connectivity index (χ3v) is 10.3. The molecule has 0 amide bonds. The summed E-state index contributed by atoms with van der Waals surface area (Å²) >= 11 is 14.2. The molecule has 2 N–H and O–H groups in total. The number of rotatable bonds is 7. The van der Waals surface area contributed by atoms with Crippen LogP contribution in [0.4, 0.5) is 11.8 Å². The quantitative estimate of drug-likeness (QED) is 0.288. The Morgan fingerprint density at radius 3 is 2.60 bits per heavy atom. The molecular weight excluding hydrogens is 565 g/mol. The minimum absolute atomic E-state index is 0.0428. The van der Waals surface area contributed by atoms with Gasteiger partial charge >= 0.3 is 5.97 Å². The first-order valence-corrected chi connectivity index (χ1v) is 16.0. The van der Waals surface area contributed by atoms with Gasteiger partial charge in [-0.1, -0.05) is 43.1 Å². The van der Waals surface area contributed by atoms with Gasteiger partial charge in [0, 0.05) is 35.2 Å². The zero-order chi connectivity index (χ0) is 28.6. The minimum atomic E-state index is -0.646. The number of carboxylic acid groups (broad SMARTS) is 1. The van der Waals surface area contributed by atoms with E-state index in [1.807, 2.05) is 26.0 Å². The van der Waals surface area contributed by atoms with Gasteiger partial charge in [-0.2, -0.15) is 4.98 Å². The molecule has 40 heavy (non-hydrogen) atoms. The van der Waals surface area contributed by atoms with Crippen molar-refractivity contribution in [3.63, 3.8) is 0 Å². The monoisotopic (exact) mass is 603 g/mol. The second kappa shape index (κ2) is 12.0. The lowest BCUT2D eigenvalue weighted by molar-refractivity contribution is -0.152. The van der Waals surface area contributed by atoms with Crippen molar-refractivity contribution >= 4 is 62.5 Å². The zero-order valence-corrected chi connectivity index (χ0v) is 26.0. The fraction of sp³-hybridized carbons (Fsp3) is 0.567. The number of hydrogen-bond acceptors (Lipinski definition) is 7. The molecule has 2 aromatic heterocycles. The third kappa shape index (κ3) is 5.78. The summed E-state index contributed by atoms with van der Waals surface area (Å²) in [5.41, 5.74) is 1.97. The number of carboxylic acids is 1. The highest BCUT2D eigenvalue weighted by Gasteiger charge is 2.49. The number of fused-ring (bicyclic) bond motifs is 1. The molecule has 10 heteroatoms. The van der Waals surface area contributed by atoms with E-state index in [0.717, 1.165) is 66.6 Å². The van der Waals surface area contributed by atoms with E-state index in [1.54, 1.807) is 17.4 Å². The Morgan fingerprint density at radius 1 is 1.15 bits per heavy atom. The molecule has 2 aliphatic heterocycles. The Bertz CT molecular complexity index is 1360. The standard InChI is InChI=1S/C28H33Cl2N5O2S.C2H6/c1-16(21-6-5-20(29)10-22(21)30)31-25-24-23(7-9-38-24)32-27(33-25)34-13-19(14-34)17-4-3-8-35(15-17)28(2)11-18(12-28)26(36)37;1-2/h5-7,9-10,16-19H,3-4,8,11-15H2,1-2H3,(H,36,37)(H,31,32,33);1-2H3. The van der Waals surface area contributed by atoms with E-state index in [-0.39, 0.29) is 17.5 Å². The first-order valence-electron chi connectivity index (χ1n) is 14.4. The number of aliphatic carboxylic acids is 1. The highest BCUT2D eigenvalue weighted by Crippen LogP contribution is 2.45. The molecule has 0 spiro atoms. The van der Waals surface area contributed by atoms with Crippen LogP contribution in [0.1, 0.15) is 65.0 Å². The van der Waals surface area contributed by atoms with Crippen molar-refractivity contribution in [1.82, 2.24) is 14.9 Å². The number of anilines is 2. The van der Waals surface area contributed by atoms with Crippen LogP contribution in [0.3, 0.4) is 0 Å². The van der Waals surface area contributed by atoms with Crippen molar-refractivity contribution in [2.75, 3.05) is 36.4 Å². The first kappa shape index (κ1) is 29.4. The highest BCUT2D eigenvalue weighted by atomic mass is 35.5. The molecule has 216 valence electrons. The van der Waals surface area contributed by atoms with Crippen LogP contribution in [0.5, 0.6) is 0 Å². The van der Waals surface area contributed by atoms with Gasteiger partial charge in [-0.05, 0) is 87.1 Å². The molecule has 4 heterocycles. The average molecular weight is 605 g/mol. The van der Waals surface area contributed by atoms with Crippen LogP contribution in [-0.2, 0) is 4.79 Å². The summed E-state index contributed by atoms with van der Waals surface area (Å²) in [6.45, 7) is 12.4. The topological polar surface area (TPSA) is 81.6 Å². The Morgan fingerprint density at radius 2 is 1.90 bits per heavy atom. The summed E-state index contributed by atoms with van der Waals surface area (Å²) in [7, 11) is 0. The Labute approximate surface area is 250 Å². The number of hydrogen-bond donors (Lipinski definition) is 2. The number of benzene rings is 1. The Balaban J connectivity index is 0.00000158. The molecule has 3 aromatic rings. The zero-order valence-electron chi connectivity index (χ0n) is 23.7. The smallest absolute Gasteiger partial charge is 0.306 e.